The molecule has 35 heavy (non-hydrogen) atoms. The van der Waals surface area contributed by atoms with Gasteiger partial charge in [-0.15, -0.1) is 11.3 Å². The van der Waals surface area contributed by atoms with Crippen molar-refractivity contribution in [2.75, 3.05) is 0 Å². The summed E-state index contributed by atoms with van der Waals surface area (Å²) in [6.07, 6.45) is 11.3. The number of rotatable bonds is 5. The molecular formula is C26H30ClF3N2O2S. The Balaban J connectivity index is 0.000000669. The lowest BCUT2D eigenvalue weighted by molar-refractivity contribution is -0.141. The van der Waals surface area contributed by atoms with Crippen molar-refractivity contribution in [2.45, 2.75) is 53.1 Å². The van der Waals surface area contributed by atoms with Gasteiger partial charge in [-0.05, 0) is 57.9 Å². The molecule has 0 amide bonds. The molecule has 9 heteroatoms. The first-order chi connectivity index (χ1) is 16.6. The average Bonchev–Trinajstić information content (AvgIpc) is 3.39. The first-order valence-corrected chi connectivity index (χ1v) is 12.1. The Morgan fingerprint density at radius 2 is 2.00 bits per heavy atom. The Hall–Kier alpha value is -2.84. The molecule has 0 saturated carbocycles. The van der Waals surface area contributed by atoms with Gasteiger partial charge in [0.1, 0.15) is 0 Å². The number of hydrogen-bond donors (Lipinski definition) is 1. The fraction of sp³-hybridized carbons (Fsp3) is 0.308. The monoisotopic (exact) mass is 526 g/mol. The molecule has 4 nitrogen and oxygen atoms in total. The zero-order valence-corrected chi connectivity index (χ0v) is 21.7. The Bertz CT molecular complexity index is 1110. The van der Waals surface area contributed by atoms with E-state index < -0.39 is 11.9 Å². The number of alkyl halides is 3. The van der Waals surface area contributed by atoms with E-state index in [1.165, 1.54) is 21.6 Å². The SMILES string of the molecule is C/C=C(\C)Cc1ccc(-c2cc(C(F)(F)F)nn2C2=CCC=CC=C2Cl)s1.C/C=C/CC.O=CO. The second-order valence-electron chi connectivity index (χ2n) is 7.25. The fourth-order valence-corrected chi connectivity index (χ4v) is 4.22. The van der Waals surface area contributed by atoms with Gasteiger partial charge >= 0.3 is 6.18 Å². The van der Waals surface area contributed by atoms with Crippen molar-refractivity contribution in [3.63, 3.8) is 0 Å². The number of aromatic nitrogens is 2. The van der Waals surface area contributed by atoms with Gasteiger partial charge in [0.05, 0.1) is 21.3 Å². The molecule has 0 aromatic carbocycles. The maximum Gasteiger partial charge on any atom is 0.435 e. The minimum absolute atomic E-state index is 0.250. The number of carbonyl (C=O) groups is 1. The molecule has 2 aromatic heterocycles. The molecule has 0 radical (unpaired) electrons. The van der Waals surface area contributed by atoms with Crippen LogP contribution in [0.5, 0.6) is 0 Å². The molecule has 190 valence electrons. The van der Waals surface area contributed by atoms with Crippen molar-refractivity contribution in [1.29, 1.82) is 0 Å². The van der Waals surface area contributed by atoms with E-state index in [9.17, 15) is 13.2 Å². The Labute approximate surface area is 213 Å². The second-order valence-corrected chi connectivity index (χ2v) is 8.83. The van der Waals surface area contributed by atoms with Gasteiger partial charge in [0.2, 0.25) is 0 Å². The van der Waals surface area contributed by atoms with Crippen molar-refractivity contribution >= 4 is 35.1 Å². The van der Waals surface area contributed by atoms with Gasteiger partial charge in [-0.25, -0.2) is 4.68 Å². The molecule has 2 heterocycles. The minimum Gasteiger partial charge on any atom is -0.483 e. The van der Waals surface area contributed by atoms with Crippen LogP contribution in [0.2, 0.25) is 0 Å². The third kappa shape index (κ3) is 9.74. The average molecular weight is 527 g/mol. The topological polar surface area (TPSA) is 55.1 Å². The smallest absolute Gasteiger partial charge is 0.435 e. The number of nitrogens with zero attached hydrogens (tertiary/aromatic N) is 2. The van der Waals surface area contributed by atoms with E-state index in [1.54, 1.807) is 18.2 Å². The van der Waals surface area contributed by atoms with E-state index in [2.05, 4.69) is 24.2 Å². The Kier molecular flexibility index (Phi) is 13.1. The summed E-state index contributed by atoms with van der Waals surface area (Å²) in [6, 6.07) is 4.86. The number of carboxylic acid groups (broad SMARTS) is 1. The number of allylic oxidation sites excluding steroid dienone is 10. The van der Waals surface area contributed by atoms with Crippen LogP contribution in [0.1, 0.15) is 51.1 Å². The van der Waals surface area contributed by atoms with Gasteiger partial charge in [-0.3, -0.25) is 4.79 Å². The molecule has 0 unspecified atom stereocenters. The molecule has 0 bridgehead atoms. The van der Waals surface area contributed by atoms with E-state index in [4.69, 9.17) is 21.5 Å². The van der Waals surface area contributed by atoms with Gasteiger partial charge in [0, 0.05) is 11.3 Å². The molecular weight excluding hydrogens is 497 g/mol. The van der Waals surface area contributed by atoms with Crippen LogP contribution in [0.25, 0.3) is 16.3 Å². The fourth-order valence-electron chi connectivity index (χ4n) is 2.88. The van der Waals surface area contributed by atoms with Crippen molar-refractivity contribution in [1.82, 2.24) is 9.78 Å². The molecule has 2 aromatic rings. The van der Waals surface area contributed by atoms with Crippen LogP contribution in [0.15, 0.2) is 71.3 Å². The van der Waals surface area contributed by atoms with Crippen molar-refractivity contribution < 1.29 is 23.1 Å². The number of hydrogen-bond acceptors (Lipinski definition) is 3. The lowest BCUT2D eigenvalue weighted by atomic mass is 10.2. The zero-order chi connectivity index (χ0) is 26.4. The van der Waals surface area contributed by atoms with Crippen LogP contribution >= 0.6 is 22.9 Å². The number of halogens is 4. The molecule has 0 saturated heterocycles. The lowest BCUT2D eigenvalue weighted by Gasteiger charge is -2.10. The molecule has 0 fully saturated rings. The second kappa shape index (κ2) is 15.2. The lowest BCUT2D eigenvalue weighted by Crippen LogP contribution is -2.08. The van der Waals surface area contributed by atoms with Gasteiger partial charge < -0.3 is 5.11 Å². The summed E-state index contributed by atoms with van der Waals surface area (Å²) >= 11 is 7.76. The van der Waals surface area contributed by atoms with Gasteiger partial charge in [0.25, 0.3) is 6.47 Å². The Morgan fingerprint density at radius 1 is 1.31 bits per heavy atom. The van der Waals surface area contributed by atoms with Gasteiger partial charge in [-0.1, -0.05) is 60.6 Å². The molecule has 0 atom stereocenters. The van der Waals surface area contributed by atoms with Gasteiger partial charge in [-0.2, -0.15) is 18.3 Å². The van der Waals surface area contributed by atoms with Crippen molar-refractivity contribution in [3.05, 3.63) is 81.9 Å². The van der Waals surface area contributed by atoms with Crippen LogP contribution in [-0.2, 0) is 17.4 Å². The van der Waals surface area contributed by atoms with Crippen LogP contribution in [0, 0.1) is 0 Å². The highest BCUT2D eigenvalue weighted by molar-refractivity contribution is 7.15. The molecule has 0 spiro atoms. The van der Waals surface area contributed by atoms with Crippen molar-refractivity contribution in [3.8, 4) is 10.6 Å². The number of thiophene rings is 1. The highest BCUT2D eigenvalue weighted by atomic mass is 35.5. The minimum atomic E-state index is -4.53. The maximum atomic E-state index is 13.3. The van der Waals surface area contributed by atoms with Crippen LogP contribution in [-0.4, -0.2) is 21.4 Å². The van der Waals surface area contributed by atoms with E-state index in [1.807, 2.05) is 45.1 Å². The normalized spacial score (nSPS) is 13.8. The molecule has 1 aliphatic carbocycles. The molecule has 1 N–H and O–H groups in total. The third-order valence-electron chi connectivity index (χ3n) is 4.63. The van der Waals surface area contributed by atoms with E-state index in [0.717, 1.165) is 28.7 Å². The van der Waals surface area contributed by atoms with E-state index >= 15 is 0 Å². The largest absolute Gasteiger partial charge is 0.483 e. The van der Waals surface area contributed by atoms with Gasteiger partial charge in [0.15, 0.2) is 5.69 Å². The summed E-state index contributed by atoms with van der Waals surface area (Å²) in [5.41, 5.74) is 1.11. The molecule has 3 rings (SSSR count). The Morgan fingerprint density at radius 3 is 2.54 bits per heavy atom. The summed E-state index contributed by atoms with van der Waals surface area (Å²) in [7, 11) is 0. The maximum absolute atomic E-state index is 13.3. The first kappa shape index (κ1) is 30.2. The van der Waals surface area contributed by atoms with Crippen molar-refractivity contribution in [2.24, 2.45) is 0 Å². The first-order valence-electron chi connectivity index (χ1n) is 10.9. The van der Waals surface area contributed by atoms with E-state index in [0.29, 0.717) is 22.8 Å². The molecule has 0 aliphatic heterocycles. The van der Waals surface area contributed by atoms with E-state index in [-0.39, 0.29) is 6.47 Å². The van der Waals surface area contributed by atoms with Crippen LogP contribution in [0.4, 0.5) is 13.2 Å². The predicted octanol–water partition coefficient (Wildman–Crippen LogP) is 8.74. The summed E-state index contributed by atoms with van der Waals surface area (Å²) in [6.45, 7) is 7.90. The quantitative estimate of drug-likeness (QED) is 0.313. The summed E-state index contributed by atoms with van der Waals surface area (Å²) in [5.74, 6) is 0. The summed E-state index contributed by atoms with van der Waals surface area (Å²) < 4.78 is 41.2. The summed E-state index contributed by atoms with van der Waals surface area (Å²) in [4.78, 5) is 10.2. The predicted molar refractivity (Wildman–Crippen MR) is 139 cm³/mol. The third-order valence-corrected chi connectivity index (χ3v) is 6.06. The standard InChI is InChI=1S/C20H18ClF3N2S.C5H10.CH2O2/c1-3-13(2)11-14-9-10-18(27-14)17-12-19(20(22,23)24)25-26(17)16-8-6-4-5-7-15(16)21;1-3-5-4-2;2-1-3/h3-5,7-10,12H,6,11H2,1-2H3;3,5H,4H2,1-2H3;1H,(H,2,3)/b13-3+;5-3+;. The highest BCUT2D eigenvalue weighted by Gasteiger charge is 2.36. The van der Waals surface area contributed by atoms with Crippen LogP contribution < -0.4 is 0 Å². The zero-order valence-electron chi connectivity index (χ0n) is 20.1. The van der Waals surface area contributed by atoms with Crippen LogP contribution in [0.3, 0.4) is 0 Å². The molecule has 1 aliphatic rings. The highest BCUT2D eigenvalue weighted by Crippen LogP contribution is 2.38. The summed E-state index contributed by atoms with van der Waals surface area (Å²) in [5, 5.41) is 11.1.